The lowest BCUT2D eigenvalue weighted by molar-refractivity contribution is 0.102. The molecule has 0 aliphatic heterocycles. The molecule has 1 saturated carbocycles. The summed E-state index contributed by atoms with van der Waals surface area (Å²) in [5.41, 5.74) is 1.80. The monoisotopic (exact) mass is 313 g/mol. The van der Waals surface area contributed by atoms with Crippen LogP contribution in [0, 0.1) is 5.82 Å². The van der Waals surface area contributed by atoms with Crippen LogP contribution >= 0.6 is 0 Å². The molecular weight excluding hydrogens is 293 g/mol. The first-order valence-electron chi connectivity index (χ1n) is 8.00. The Morgan fingerprint density at radius 1 is 1.04 bits per heavy atom. The fraction of sp³-hybridized carbons (Fsp3) is 0.333. The predicted octanol–water partition coefficient (Wildman–Crippen LogP) is 4.22. The second kappa shape index (κ2) is 7.22. The number of aromatic nitrogens is 1. The van der Waals surface area contributed by atoms with Gasteiger partial charge in [0.05, 0.1) is 0 Å². The summed E-state index contributed by atoms with van der Waals surface area (Å²) in [5.74, 6) is -0.635. The van der Waals surface area contributed by atoms with Crippen LogP contribution < -0.4 is 10.6 Å². The van der Waals surface area contributed by atoms with Gasteiger partial charge in [0.15, 0.2) is 0 Å². The van der Waals surface area contributed by atoms with Crippen molar-refractivity contribution in [2.24, 2.45) is 0 Å². The summed E-state index contributed by atoms with van der Waals surface area (Å²) in [4.78, 5) is 16.4. The molecule has 0 saturated heterocycles. The molecule has 1 aromatic carbocycles. The molecule has 5 heteroatoms. The van der Waals surface area contributed by atoms with Gasteiger partial charge in [-0.05, 0) is 49.2 Å². The number of amides is 1. The van der Waals surface area contributed by atoms with Gasteiger partial charge >= 0.3 is 0 Å². The lowest BCUT2D eigenvalue weighted by Gasteiger charge is -2.23. The molecule has 1 amide bonds. The topological polar surface area (TPSA) is 54.0 Å². The van der Waals surface area contributed by atoms with Crippen LogP contribution in [0.5, 0.6) is 0 Å². The van der Waals surface area contributed by atoms with Gasteiger partial charge < -0.3 is 10.6 Å². The van der Waals surface area contributed by atoms with E-state index in [1.165, 1.54) is 56.4 Å². The van der Waals surface area contributed by atoms with E-state index in [0.717, 1.165) is 5.69 Å². The minimum Gasteiger partial charge on any atom is -0.382 e. The van der Waals surface area contributed by atoms with Crippen LogP contribution in [0.25, 0.3) is 0 Å². The van der Waals surface area contributed by atoms with Crippen molar-refractivity contribution in [2.45, 2.75) is 38.1 Å². The number of carbonyl (C=O) groups is 1. The number of anilines is 2. The van der Waals surface area contributed by atoms with Crippen molar-refractivity contribution < 1.29 is 9.18 Å². The molecule has 0 radical (unpaired) electrons. The fourth-order valence-corrected chi connectivity index (χ4v) is 2.86. The number of nitrogens with one attached hydrogen (secondary N) is 2. The highest BCUT2D eigenvalue weighted by Crippen LogP contribution is 2.22. The lowest BCUT2D eigenvalue weighted by atomic mass is 9.95. The highest BCUT2D eigenvalue weighted by molar-refractivity contribution is 6.03. The zero-order valence-electron chi connectivity index (χ0n) is 12.9. The highest BCUT2D eigenvalue weighted by atomic mass is 19.1. The van der Waals surface area contributed by atoms with Gasteiger partial charge in [0.25, 0.3) is 5.91 Å². The molecule has 2 aromatic rings. The Kier molecular flexibility index (Phi) is 4.86. The molecule has 0 atom stereocenters. The smallest absolute Gasteiger partial charge is 0.274 e. The number of halogens is 1. The van der Waals surface area contributed by atoms with E-state index in [0.29, 0.717) is 17.4 Å². The third-order valence-corrected chi connectivity index (χ3v) is 4.07. The summed E-state index contributed by atoms with van der Waals surface area (Å²) < 4.78 is 12.9. The molecule has 4 nitrogen and oxygen atoms in total. The standard InChI is InChI=1S/C18H20FN3O/c19-13-6-8-15(9-7-13)22-18(23)17-12-16(10-11-20-17)21-14-4-2-1-3-5-14/h6-12,14H,1-5H2,(H,20,21)(H,22,23). The zero-order chi connectivity index (χ0) is 16.1. The number of rotatable bonds is 4. The average Bonchev–Trinajstić information content (AvgIpc) is 2.58. The van der Waals surface area contributed by atoms with Crippen LogP contribution in [0.4, 0.5) is 15.8 Å². The fourth-order valence-electron chi connectivity index (χ4n) is 2.86. The first-order chi connectivity index (χ1) is 11.2. The van der Waals surface area contributed by atoms with Crippen LogP contribution in [-0.4, -0.2) is 16.9 Å². The van der Waals surface area contributed by atoms with E-state index in [-0.39, 0.29) is 11.7 Å². The minimum atomic E-state index is -0.334. The Morgan fingerprint density at radius 3 is 2.52 bits per heavy atom. The van der Waals surface area contributed by atoms with Gasteiger partial charge in [-0.1, -0.05) is 19.3 Å². The van der Waals surface area contributed by atoms with Crippen molar-refractivity contribution in [3.8, 4) is 0 Å². The van der Waals surface area contributed by atoms with Crippen LogP contribution in [0.3, 0.4) is 0 Å². The van der Waals surface area contributed by atoms with Crippen molar-refractivity contribution in [1.82, 2.24) is 4.98 Å². The second-order valence-electron chi connectivity index (χ2n) is 5.87. The van der Waals surface area contributed by atoms with E-state index in [9.17, 15) is 9.18 Å². The van der Waals surface area contributed by atoms with E-state index in [2.05, 4.69) is 15.6 Å². The maximum absolute atomic E-state index is 12.9. The second-order valence-corrected chi connectivity index (χ2v) is 5.87. The van der Waals surface area contributed by atoms with Gasteiger partial charge in [0, 0.05) is 23.6 Å². The largest absolute Gasteiger partial charge is 0.382 e. The third-order valence-electron chi connectivity index (χ3n) is 4.07. The molecule has 0 unspecified atom stereocenters. The number of hydrogen-bond donors (Lipinski definition) is 2. The molecule has 3 rings (SSSR count). The van der Waals surface area contributed by atoms with Gasteiger partial charge in [-0.15, -0.1) is 0 Å². The predicted molar refractivity (Wildman–Crippen MR) is 89.1 cm³/mol. The first kappa shape index (κ1) is 15.5. The van der Waals surface area contributed by atoms with E-state index in [1.54, 1.807) is 12.3 Å². The lowest BCUT2D eigenvalue weighted by Crippen LogP contribution is -2.22. The molecular formula is C18H20FN3O. The molecule has 1 aliphatic carbocycles. The summed E-state index contributed by atoms with van der Waals surface area (Å²) in [6.07, 6.45) is 7.77. The van der Waals surface area contributed by atoms with Crippen molar-refractivity contribution in [1.29, 1.82) is 0 Å². The van der Waals surface area contributed by atoms with Crippen LogP contribution in [-0.2, 0) is 0 Å². The zero-order valence-corrected chi connectivity index (χ0v) is 12.9. The number of hydrogen-bond acceptors (Lipinski definition) is 3. The molecule has 120 valence electrons. The van der Waals surface area contributed by atoms with Gasteiger partial charge in [0.2, 0.25) is 0 Å². The van der Waals surface area contributed by atoms with Crippen molar-refractivity contribution in [3.63, 3.8) is 0 Å². The number of pyridine rings is 1. The van der Waals surface area contributed by atoms with Crippen molar-refractivity contribution in [2.75, 3.05) is 10.6 Å². The van der Waals surface area contributed by atoms with Crippen LogP contribution in [0.1, 0.15) is 42.6 Å². The molecule has 23 heavy (non-hydrogen) atoms. The number of nitrogens with zero attached hydrogens (tertiary/aromatic N) is 1. The number of carbonyl (C=O) groups excluding carboxylic acids is 1. The van der Waals surface area contributed by atoms with E-state index < -0.39 is 0 Å². The summed E-state index contributed by atoms with van der Waals surface area (Å²) in [7, 11) is 0. The van der Waals surface area contributed by atoms with Gasteiger partial charge in [-0.2, -0.15) is 0 Å². The SMILES string of the molecule is O=C(Nc1ccc(F)cc1)c1cc(NC2CCCCC2)ccn1. The molecule has 1 aliphatic rings. The average molecular weight is 313 g/mol. The molecule has 1 fully saturated rings. The summed E-state index contributed by atoms with van der Waals surface area (Å²) in [5, 5.41) is 6.20. The normalized spacial score (nSPS) is 15.2. The van der Waals surface area contributed by atoms with E-state index >= 15 is 0 Å². The first-order valence-corrected chi connectivity index (χ1v) is 8.00. The Bertz CT molecular complexity index is 666. The summed E-state index contributed by atoms with van der Waals surface area (Å²) in [6, 6.07) is 9.78. The molecule has 1 heterocycles. The summed E-state index contributed by atoms with van der Waals surface area (Å²) in [6.45, 7) is 0. The van der Waals surface area contributed by atoms with Crippen molar-refractivity contribution >= 4 is 17.3 Å². The van der Waals surface area contributed by atoms with Gasteiger partial charge in [0.1, 0.15) is 11.5 Å². The molecule has 0 spiro atoms. The van der Waals surface area contributed by atoms with Crippen LogP contribution in [0.15, 0.2) is 42.6 Å². The maximum atomic E-state index is 12.9. The minimum absolute atomic E-state index is 0.302. The Hall–Kier alpha value is -2.43. The number of benzene rings is 1. The highest BCUT2D eigenvalue weighted by Gasteiger charge is 2.14. The van der Waals surface area contributed by atoms with Crippen molar-refractivity contribution in [3.05, 3.63) is 54.1 Å². The van der Waals surface area contributed by atoms with E-state index in [1.807, 2.05) is 6.07 Å². The molecule has 1 aromatic heterocycles. The quantitative estimate of drug-likeness (QED) is 0.888. The Labute approximate surface area is 135 Å². The Balaban J connectivity index is 1.66. The summed E-state index contributed by atoms with van der Waals surface area (Å²) >= 11 is 0. The van der Waals surface area contributed by atoms with E-state index in [4.69, 9.17) is 0 Å². The van der Waals surface area contributed by atoms with Gasteiger partial charge in [-0.3, -0.25) is 9.78 Å². The maximum Gasteiger partial charge on any atom is 0.274 e. The van der Waals surface area contributed by atoms with Gasteiger partial charge in [-0.25, -0.2) is 4.39 Å². The Morgan fingerprint density at radius 2 is 1.78 bits per heavy atom. The van der Waals surface area contributed by atoms with Crippen LogP contribution in [0.2, 0.25) is 0 Å². The molecule has 0 bridgehead atoms. The molecule has 2 N–H and O–H groups in total. The third kappa shape index (κ3) is 4.28.